The number of ketones is 1. The molecule has 0 saturated carbocycles. The number of piperidine rings is 2. The van der Waals surface area contributed by atoms with E-state index in [9.17, 15) is 4.79 Å². The molecule has 2 unspecified atom stereocenters. The summed E-state index contributed by atoms with van der Waals surface area (Å²) in [4.78, 5) is 25.8. The van der Waals surface area contributed by atoms with E-state index in [4.69, 9.17) is 14.7 Å². The molecule has 0 aromatic carbocycles. The lowest BCUT2D eigenvalue weighted by Crippen LogP contribution is -2.56. The van der Waals surface area contributed by atoms with Crippen LogP contribution in [0.15, 0.2) is 17.5 Å². The van der Waals surface area contributed by atoms with Crippen molar-refractivity contribution < 1.29 is 9.53 Å². The highest BCUT2D eigenvalue weighted by atomic mass is 32.1. The SMILES string of the molecule is Cc1cc(Nc2nc(NC3CC4CC(C(=O)CN5CCOCC5)CC(C3)N4)nc3sccc23)n[nH]1. The molecule has 3 aliphatic rings. The standard InChI is InChI=1S/C24H32N8O2S/c1-14-8-21(31-30-14)27-22-19-2-7-35-23(19)29-24(28-22)26-18-11-16-9-15(10-17(12-18)25-16)20(33)13-32-3-5-34-6-4-32/h2,7-8,15-18,25H,3-6,9-13H2,1H3,(H3,26,27,28,29,30,31). The summed E-state index contributed by atoms with van der Waals surface area (Å²) in [6.07, 6.45) is 3.75. The zero-order valence-electron chi connectivity index (χ0n) is 19.9. The minimum absolute atomic E-state index is 0.155. The molecule has 3 fully saturated rings. The van der Waals surface area contributed by atoms with Crippen LogP contribution in [0.3, 0.4) is 0 Å². The zero-order chi connectivity index (χ0) is 23.8. The summed E-state index contributed by atoms with van der Waals surface area (Å²) in [6, 6.07) is 4.95. The Kier molecular flexibility index (Phi) is 6.40. The molecular formula is C24H32N8O2S. The molecular weight excluding hydrogens is 464 g/mol. The van der Waals surface area contributed by atoms with E-state index in [0.717, 1.165) is 79.5 Å². The molecule has 6 rings (SSSR count). The van der Waals surface area contributed by atoms with E-state index in [-0.39, 0.29) is 12.0 Å². The van der Waals surface area contributed by atoms with Gasteiger partial charge in [0.1, 0.15) is 16.4 Å². The first-order chi connectivity index (χ1) is 17.1. The number of aromatic nitrogens is 4. The molecule has 2 bridgehead atoms. The smallest absolute Gasteiger partial charge is 0.226 e. The fourth-order valence-corrected chi connectivity index (χ4v) is 6.42. The molecule has 0 aliphatic carbocycles. The van der Waals surface area contributed by atoms with Crippen molar-refractivity contribution in [1.82, 2.24) is 30.4 Å². The highest BCUT2D eigenvalue weighted by Gasteiger charge is 2.38. The number of rotatable bonds is 7. The topological polar surface area (TPSA) is 120 Å². The van der Waals surface area contributed by atoms with Gasteiger partial charge in [0, 0.05) is 48.9 Å². The Labute approximate surface area is 208 Å². The number of hydrogen-bond donors (Lipinski definition) is 4. The molecule has 0 spiro atoms. The van der Waals surface area contributed by atoms with Gasteiger partial charge in [-0.15, -0.1) is 11.3 Å². The van der Waals surface area contributed by atoms with Crippen LogP contribution in [-0.4, -0.2) is 81.8 Å². The van der Waals surface area contributed by atoms with Crippen molar-refractivity contribution in [3.05, 3.63) is 23.2 Å². The minimum atomic E-state index is 0.155. The number of fused-ring (bicyclic) bond motifs is 3. The molecule has 186 valence electrons. The molecule has 3 saturated heterocycles. The Balaban J connectivity index is 1.11. The predicted octanol–water partition coefficient (Wildman–Crippen LogP) is 2.68. The maximum atomic E-state index is 13.0. The van der Waals surface area contributed by atoms with Crippen LogP contribution in [0.1, 0.15) is 31.4 Å². The van der Waals surface area contributed by atoms with Crippen LogP contribution in [-0.2, 0) is 9.53 Å². The van der Waals surface area contributed by atoms with Crippen molar-refractivity contribution in [2.24, 2.45) is 5.92 Å². The second-order valence-electron chi connectivity index (χ2n) is 9.99. The molecule has 11 heteroatoms. The summed E-state index contributed by atoms with van der Waals surface area (Å²) < 4.78 is 5.42. The number of H-pyrrole nitrogens is 1. The first-order valence-corrected chi connectivity index (χ1v) is 13.4. The van der Waals surface area contributed by atoms with E-state index in [1.807, 2.05) is 24.4 Å². The van der Waals surface area contributed by atoms with E-state index in [0.29, 0.717) is 30.4 Å². The van der Waals surface area contributed by atoms with Crippen molar-refractivity contribution in [3.63, 3.8) is 0 Å². The monoisotopic (exact) mass is 496 g/mol. The van der Waals surface area contributed by atoms with Gasteiger partial charge >= 0.3 is 0 Å². The van der Waals surface area contributed by atoms with Crippen LogP contribution in [0.25, 0.3) is 10.2 Å². The second-order valence-corrected chi connectivity index (χ2v) is 10.9. The van der Waals surface area contributed by atoms with Crippen molar-refractivity contribution in [2.45, 2.75) is 50.7 Å². The molecule has 10 nitrogen and oxygen atoms in total. The number of carbonyl (C=O) groups excluding carboxylic acids is 1. The first-order valence-electron chi connectivity index (χ1n) is 12.5. The number of hydrogen-bond acceptors (Lipinski definition) is 10. The zero-order valence-corrected chi connectivity index (χ0v) is 20.7. The fraction of sp³-hybridized carbons (Fsp3) is 0.583. The lowest BCUT2D eigenvalue weighted by molar-refractivity contribution is -0.126. The Hall–Kier alpha value is -2.60. The van der Waals surface area contributed by atoms with Gasteiger partial charge in [0.25, 0.3) is 0 Å². The summed E-state index contributed by atoms with van der Waals surface area (Å²) >= 11 is 1.61. The van der Waals surface area contributed by atoms with Crippen molar-refractivity contribution in [3.8, 4) is 0 Å². The quantitative estimate of drug-likeness (QED) is 0.391. The van der Waals surface area contributed by atoms with Gasteiger partial charge in [0.15, 0.2) is 5.82 Å². The molecule has 0 amide bonds. The van der Waals surface area contributed by atoms with Crippen molar-refractivity contribution in [1.29, 1.82) is 0 Å². The lowest BCUT2D eigenvalue weighted by atomic mass is 9.76. The first kappa shape index (κ1) is 22.8. The van der Waals surface area contributed by atoms with Crippen LogP contribution in [0.5, 0.6) is 0 Å². The van der Waals surface area contributed by atoms with Crippen molar-refractivity contribution >= 4 is 44.9 Å². The Morgan fingerprint density at radius 2 is 2.00 bits per heavy atom. The third-order valence-corrected chi connectivity index (χ3v) is 8.10. The number of carbonyl (C=O) groups is 1. The van der Waals surface area contributed by atoms with Gasteiger partial charge in [-0.25, -0.2) is 4.98 Å². The van der Waals surface area contributed by atoms with Gasteiger partial charge in [0.2, 0.25) is 5.95 Å². The molecule has 0 radical (unpaired) electrons. The Morgan fingerprint density at radius 3 is 2.74 bits per heavy atom. The number of aromatic amines is 1. The van der Waals surface area contributed by atoms with Gasteiger partial charge in [-0.2, -0.15) is 10.1 Å². The van der Waals surface area contributed by atoms with Crippen LogP contribution < -0.4 is 16.0 Å². The second kappa shape index (κ2) is 9.81. The average molecular weight is 497 g/mol. The summed E-state index contributed by atoms with van der Waals surface area (Å²) in [6.45, 7) is 5.72. The molecule has 2 atom stereocenters. The molecule has 3 aromatic heterocycles. The highest BCUT2D eigenvalue weighted by Crippen LogP contribution is 2.33. The Bertz CT molecular complexity index is 1180. The number of morpholine rings is 1. The summed E-state index contributed by atoms with van der Waals surface area (Å²) in [5, 5.41) is 20.9. The number of Topliss-reactive ketones (excluding diaryl/α,β-unsaturated/α-hetero) is 1. The molecule has 6 heterocycles. The number of nitrogens with one attached hydrogen (secondary N) is 4. The number of anilines is 3. The van der Waals surface area contributed by atoms with Crippen LogP contribution in [0.4, 0.5) is 17.6 Å². The van der Waals surface area contributed by atoms with Gasteiger partial charge < -0.3 is 20.7 Å². The van der Waals surface area contributed by atoms with E-state index in [1.165, 1.54) is 0 Å². The van der Waals surface area contributed by atoms with E-state index < -0.39 is 0 Å². The number of ether oxygens (including phenoxy) is 1. The number of aryl methyl sites for hydroxylation is 1. The normalized spacial score (nSPS) is 27.1. The lowest BCUT2D eigenvalue weighted by Gasteiger charge is -2.43. The van der Waals surface area contributed by atoms with Crippen LogP contribution in [0, 0.1) is 12.8 Å². The number of nitrogens with zero attached hydrogens (tertiary/aromatic N) is 4. The van der Waals surface area contributed by atoms with Gasteiger partial charge in [-0.05, 0) is 44.1 Å². The summed E-state index contributed by atoms with van der Waals surface area (Å²) in [5.74, 6) is 2.68. The maximum Gasteiger partial charge on any atom is 0.226 e. The highest BCUT2D eigenvalue weighted by molar-refractivity contribution is 7.16. The predicted molar refractivity (Wildman–Crippen MR) is 136 cm³/mol. The van der Waals surface area contributed by atoms with Gasteiger partial charge in [0.05, 0.1) is 25.1 Å². The van der Waals surface area contributed by atoms with E-state index in [1.54, 1.807) is 11.3 Å². The molecule has 3 aromatic rings. The third-order valence-electron chi connectivity index (χ3n) is 7.30. The van der Waals surface area contributed by atoms with Gasteiger partial charge in [-0.3, -0.25) is 14.8 Å². The maximum absolute atomic E-state index is 13.0. The van der Waals surface area contributed by atoms with E-state index in [2.05, 4.69) is 31.0 Å². The number of thiophene rings is 1. The van der Waals surface area contributed by atoms with Gasteiger partial charge in [-0.1, -0.05) is 0 Å². The minimum Gasteiger partial charge on any atom is -0.379 e. The molecule has 35 heavy (non-hydrogen) atoms. The van der Waals surface area contributed by atoms with Crippen molar-refractivity contribution in [2.75, 3.05) is 43.5 Å². The summed E-state index contributed by atoms with van der Waals surface area (Å²) in [7, 11) is 0. The third kappa shape index (κ3) is 5.18. The molecule has 4 N–H and O–H groups in total. The Morgan fingerprint density at radius 1 is 1.20 bits per heavy atom. The van der Waals surface area contributed by atoms with E-state index >= 15 is 0 Å². The summed E-state index contributed by atoms with van der Waals surface area (Å²) in [5.41, 5.74) is 0.990. The largest absolute Gasteiger partial charge is 0.379 e. The average Bonchev–Trinajstić information content (AvgIpc) is 3.48. The molecule has 3 aliphatic heterocycles. The van der Waals surface area contributed by atoms with Crippen LogP contribution >= 0.6 is 11.3 Å². The fourth-order valence-electron chi connectivity index (χ4n) is 5.65. The van der Waals surface area contributed by atoms with Crippen LogP contribution in [0.2, 0.25) is 0 Å².